The molecular weight excluding hydrogens is 376 g/mol. The lowest BCUT2D eigenvalue weighted by atomic mass is 9.98. The van der Waals surface area contributed by atoms with Gasteiger partial charge >= 0.3 is 5.97 Å². The fourth-order valence-electron chi connectivity index (χ4n) is 3.61. The zero-order valence-corrected chi connectivity index (χ0v) is 16.8. The number of carbonyl (C=O) groups excluding carboxylic acids is 2. The Balaban J connectivity index is 1.60. The van der Waals surface area contributed by atoms with Gasteiger partial charge in [-0.3, -0.25) is 9.59 Å². The summed E-state index contributed by atoms with van der Waals surface area (Å²) in [6, 6.07) is 9.70. The maximum atomic E-state index is 13.0. The minimum Gasteiger partial charge on any atom is -0.497 e. The summed E-state index contributed by atoms with van der Waals surface area (Å²) in [4.78, 5) is 33.0. The largest absolute Gasteiger partial charge is 0.497 e. The Morgan fingerprint density at radius 3 is 2.89 bits per heavy atom. The van der Waals surface area contributed by atoms with Gasteiger partial charge in [-0.05, 0) is 44.0 Å². The number of pyridine rings is 1. The molecule has 7 heteroatoms. The molecule has 1 aliphatic heterocycles. The van der Waals surface area contributed by atoms with Gasteiger partial charge in [0, 0.05) is 29.9 Å². The van der Waals surface area contributed by atoms with Crippen molar-refractivity contribution < 1.29 is 19.1 Å². The molecule has 1 atom stereocenters. The molecule has 1 saturated heterocycles. The molecule has 3 heterocycles. The van der Waals surface area contributed by atoms with E-state index < -0.39 is 0 Å². The molecule has 0 radical (unpaired) electrons. The lowest BCUT2D eigenvalue weighted by Crippen LogP contribution is -2.42. The number of thiophene rings is 1. The zero-order valence-electron chi connectivity index (χ0n) is 15.9. The minimum absolute atomic E-state index is 0.0429. The number of hydrogen-bond donors (Lipinski definition) is 0. The standard InChI is InChI=1S/C21H22N2O4S/c1-3-27-21(25)14-5-4-8-23(12-14)20(24)18-10-15-9-13-6-7-16(26-2)11-17(13)22-19(15)28-18/h6-7,9-11,14H,3-5,8,12H2,1-2H3/t14-/m1/s1. The molecule has 0 aliphatic carbocycles. The Morgan fingerprint density at radius 1 is 1.25 bits per heavy atom. The number of methoxy groups -OCH3 is 1. The summed E-state index contributed by atoms with van der Waals surface area (Å²) in [5.74, 6) is 0.266. The maximum Gasteiger partial charge on any atom is 0.310 e. The van der Waals surface area contributed by atoms with Crippen molar-refractivity contribution in [2.75, 3.05) is 26.8 Å². The van der Waals surface area contributed by atoms with Gasteiger partial charge in [-0.15, -0.1) is 11.3 Å². The lowest BCUT2D eigenvalue weighted by molar-refractivity contribution is -0.149. The number of amides is 1. The van der Waals surface area contributed by atoms with E-state index in [9.17, 15) is 9.59 Å². The van der Waals surface area contributed by atoms with Gasteiger partial charge in [0.05, 0.1) is 30.0 Å². The van der Waals surface area contributed by atoms with Crippen molar-refractivity contribution in [3.63, 3.8) is 0 Å². The van der Waals surface area contributed by atoms with Gasteiger partial charge in [-0.25, -0.2) is 4.98 Å². The first-order valence-electron chi connectivity index (χ1n) is 9.43. The molecule has 0 N–H and O–H groups in total. The number of rotatable bonds is 4. The fourth-order valence-corrected chi connectivity index (χ4v) is 4.60. The number of fused-ring (bicyclic) bond motifs is 2. The summed E-state index contributed by atoms with van der Waals surface area (Å²) in [6.07, 6.45) is 1.58. The van der Waals surface area contributed by atoms with Gasteiger partial charge in [0.2, 0.25) is 0 Å². The molecule has 0 unspecified atom stereocenters. The number of carbonyl (C=O) groups is 2. The predicted octanol–water partition coefficient (Wildman–Crippen LogP) is 3.87. The Morgan fingerprint density at radius 2 is 2.11 bits per heavy atom. The van der Waals surface area contributed by atoms with Gasteiger partial charge in [0.15, 0.2) is 0 Å². The second kappa shape index (κ2) is 7.75. The van der Waals surface area contributed by atoms with Crippen molar-refractivity contribution in [3.8, 4) is 5.75 Å². The zero-order chi connectivity index (χ0) is 19.7. The second-order valence-electron chi connectivity index (χ2n) is 6.89. The number of aromatic nitrogens is 1. The number of esters is 1. The summed E-state index contributed by atoms with van der Waals surface area (Å²) in [5, 5.41) is 1.95. The molecule has 6 nitrogen and oxygen atoms in total. The molecule has 3 aromatic rings. The summed E-state index contributed by atoms with van der Waals surface area (Å²) >= 11 is 1.39. The Bertz CT molecular complexity index is 1050. The van der Waals surface area contributed by atoms with Crippen LogP contribution in [0.2, 0.25) is 0 Å². The van der Waals surface area contributed by atoms with Crippen LogP contribution in [-0.4, -0.2) is 48.6 Å². The number of benzene rings is 1. The monoisotopic (exact) mass is 398 g/mol. The third-order valence-electron chi connectivity index (χ3n) is 5.05. The van der Waals surface area contributed by atoms with Crippen LogP contribution in [0.4, 0.5) is 0 Å². The Kier molecular flexibility index (Phi) is 5.17. The van der Waals surface area contributed by atoms with Crippen LogP contribution >= 0.6 is 11.3 Å². The molecule has 28 heavy (non-hydrogen) atoms. The summed E-state index contributed by atoms with van der Waals surface area (Å²) in [6.45, 7) is 3.24. The number of piperidine rings is 1. The molecule has 1 aliphatic rings. The smallest absolute Gasteiger partial charge is 0.310 e. The van der Waals surface area contributed by atoms with Crippen molar-refractivity contribution in [3.05, 3.63) is 35.2 Å². The van der Waals surface area contributed by atoms with Crippen LogP contribution in [-0.2, 0) is 9.53 Å². The average Bonchev–Trinajstić information content (AvgIpc) is 3.14. The molecule has 0 bridgehead atoms. The van der Waals surface area contributed by atoms with Crippen molar-refractivity contribution in [1.82, 2.24) is 9.88 Å². The number of ether oxygens (including phenoxy) is 2. The fraction of sp³-hybridized carbons (Fsp3) is 0.381. The highest BCUT2D eigenvalue weighted by atomic mass is 32.1. The molecule has 1 aromatic carbocycles. The van der Waals surface area contributed by atoms with Crippen LogP contribution in [0, 0.1) is 5.92 Å². The highest BCUT2D eigenvalue weighted by Gasteiger charge is 2.30. The third kappa shape index (κ3) is 3.54. The highest BCUT2D eigenvalue weighted by molar-refractivity contribution is 7.20. The SMILES string of the molecule is CCOC(=O)[C@@H]1CCCN(C(=O)c2cc3cc4ccc(OC)cc4nc3s2)C1. The van der Waals surface area contributed by atoms with Crippen molar-refractivity contribution >= 4 is 44.3 Å². The molecule has 2 aromatic heterocycles. The molecule has 1 fully saturated rings. The Labute approximate surface area is 167 Å². The van der Waals surface area contributed by atoms with E-state index in [-0.39, 0.29) is 17.8 Å². The van der Waals surface area contributed by atoms with Gasteiger partial charge in [-0.2, -0.15) is 0 Å². The van der Waals surface area contributed by atoms with Gasteiger partial charge < -0.3 is 14.4 Å². The van der Waals surface area contributed by atoms with E-state index in [1.165, 1.54) is 11.3 Å². The van der Waals surface area contributed by atoms with Crippen molar-refractivity contribution in [2.24, 2.45) is 5.92 Å². The van der Waals surface area contributed by atoms with Crippen LogP contribution < -0.4 is 4.74 Å². The topological polar surface area (TPSA) is 68.7 Å². The first-order valence-corrected chi connectivity index (χ1v) is 10.2. The van der Waals surface area contributed by atoms with Gasteiger partial charge in [0.1, 0.15) is 10.6 Å². The quantitative estimate of drug-likeness (QED) is 0.624. The second-order valence-corrected chi connectivity index (χ2v) is 7.93. The predicted molar refractivity (Wildman–Crippen MR) is 109 cm³/mol. The summed E-state index contributed by atoms with van der Waals surface area (Å²) in [7, 11) is 1.63. The number of likely N-dealkylation sites (tertiary alicyclic amines) is 1. The van der Waals surface area contributed by atoms with Gasteiger partial charge in [-0.1, -0.05) is 0 Å². The van der Waals surface area contributed by atoms with Crippen molar-refractivity contribution in [1.29, 1.82) is 0 Å². The molecule has 0 spiro atoms. The number of hydrogen-bond acceptors (Lipinski definition) is 6. The van der Waals surface area contributed by atoms with E-state index in [0.717, 1.165) is 39.7 Å². The molecule has 0 saturated carbocycles. The van der Waals surface area contributed by atoms with Crippen LogP contribution in [0.5, 0.6) is 5.75 Å². The first-order chi connectivity index (χ1) is 13.6. The van der Waals surface area contributed by atoms with Crippen LogP contribution in [0.1, 0.15) is 29.4 Å². The van der Waals surface area contributed by atoms with E-state index in [4.69, 9.17) is 14.5 Å². The molecule has 4 rings (SSSR count). The highest BCUT2D eigenvalue weighted by Crippen LogP contribution is 2.30. The van der Waals surface area contributed by atoms with Crippen molar-refractivity contribution in [2.45, 2.75) is 19.8 Å². The Hall–Kier alpha value is -2.67. The van der Waals surface area contributed by atoms with Crippen LogP contribution in [0.15, 0.2) is 30.3 Å². The van der Waals surface area contributed by atoms with Crippen LogP contribution in [0.25, 0.3) is 21.1 Å². The lowest BCUT2D eigenvalue weighted by Gasteiger charge is -2.31. The van der Waals surface area contributed by atoms with E-state index in [0.29, 0.717) is 24.6 Å². The minimum atomic E-state index is -0.236. The third-order valence-corrected chi connectivity index (χ3v) is 6.08. The van der Waals surface area contributed by atoms with E-state index in [1.54, 1.807) is 18.9 Å². The molecule has 146 valence electrons. The normalized spacial score (nSPS) is 17.1. The molecule has 1 amide bonds. The van der Waals surface area contributed by atoms with Gasteiger partial charge in [0.25, 0.3) is 5.91 Å². The molecular formula is C21H22N2O4S. The maximum absolute atomic E-state index is 13.0. The first kappa shape index (κ1) is 18.7. The summed E-state index contributed by atoms with van der Waals surface area (Å²) < 4.78 is 10.4. The number of nitrogens with zero attached hydrogens (tertiary/aromatic N) is 2. The van der Waals surface area contributed by atoms with Crippen LogP contribution in [0.3, 0.4) is 0 Å². The van der Waals surface area contributed by atoms with E-state index in [2.05, 4.69) is 0 Å². The van der Waals surface area contributed by atoms with E-state index in [1.807, 2.05) is 30.3 Å². The summed E-state index contributed by atoms with van der Waals surface area (Å²) in [5.41, 5.74) is 0.841. The van der Waals surface area contributed by atoms with E-state index >= 15 is 0 Å². The average molecular weight is 398 g/mol.